The third-order valence-electron chi connectivity index (χ3n) is 3.18. The van der Waals surface area contributed by atoms with Crippen LogP contribution in [0.15, 0.2) is 12.7 Å². The van der Waals surface area contributed by atoms with Gasteiger partial charge in [0, 0.05) is 0 Å². The van der Waals surface area contributed by atoms with Gasteiger partial charge in [-0.1, -0.05) is 59.3 Å². The number of hydrogen-bond acceptors (Lipinski definition) is 3. The molecule has 0 amide bonds. The fraction of sp³-hybridized carbons (Fsp3) is 0.913. The molecule has 0 aromatic rings. The Hall–Kier alpha value is 0.685. The second-order valence-corrected chi connectivity index (χ2v) is 8.47. The average Bonchev–Trinajstić information content (AvgIpc) is 2.71. The molecule has 166 valence electrons. The summed E-state index contributed by atoms with van der Waals surface area (Å²) in [5.41, 5.74) is 0. The molecule has 5 heteroatoms. The van der Waals surface area contributed by atoms with Crippen LogP contribution in [0.3, 0.4) is 0 Å². The fourth-order valence-electron chi connectivity index (χ4n) is 1.27. The van der Waals surface area contributed by atoms with Gasteiger partial charge in [0.1, 0.15) is 0 Å². The van der Waals surface area contributed by atoms with E-state index in [-0.39, 0.29) is 19.8 Å². The molecule has 28 heavy (non-hydrogen) atoms. The molecule has 0 spiro atoms. The standard InChI is InChI=1S/3C4H9O.2C4H9.C3H5.2Al/c3*1-2-3-4-5;2*1-3-4-2;1-3-2;;/h3*2-4H2,1H3;2*1,3-4H2,2H3;3H,1-2H2;;/q3*-1;;;;+1;+2. The van der Waals surface area contributed by atoms with Gasteiger partial charge in [0.25, 0.3) is 0 Å². The van der Waals surface area contributed by atoms with Crippen LogP contribution in [-0.4, -0.2) is 51.3 Å². The van der Waals surface area contributed by atoms with E-state index in [4.69, 9.17) is 0 Å². The van der Waals surface area contributed by atoms with Crippen molar-refractivity contribution < 1.29 is 15.3 Å². The van der Waals surface area contributed by atoms with Gasteiger partial charge < -0.3 is 15.3 Å². The zero-order valence-electron chi connectivity index (χ0n) is 20.0. The summed E-state index contributed by atoms with van der Waals surface area (Å²) in [7, 11) is 0. The van der Waals surface area contributed by atoms with Gasteiger partial charge in [0.2, 0.25) is 0 Å². The average molecular weight is 429 g/mol. The summed E-state index contributed by atoms with van der Waals surface area (Å²) in [5.74, 6) is 0. The van der Waals surface area contributed by atoms with Gasteiger partial charge >= 0.3 is 99.5 Å². The molecular formula is C23H50Al2O3. The first-order valence-corrected chi connectivity index (χ1v) is 13.9. The minimum atomic E-state index is 0.0938. The normalized spacial score (nSPS) is 8.36. The van der Waals surface area contributed by atoms with E-state index in [0.29, 0.717) is 0 Å². The van der Waals surface area contributed by atoms with Crippen LogP contribution in [0.25, 0.3) is 0 Å². The molecule has 0 heterocycles. The summed E-state index contributed by atoms with van der Waals surface area (Å²) in [4.78, 5) is 0. The van der Waals surface area contributed by atoms with Gasteiger partial charge in [0.15, 0.2) is 0 Å². The van der Waals surface area contributed by atoms with Crippen molar-refractivity contribution in [3.63, 3.8) is 0 Å². The van der Waals surface area contributed by atoms with Crippen LogP contribution >= 0.6 is 0 Å². The molecule has 0 unspecified atom stereocenters. The second-order valence-electron chi connectivity index (χ2n) is 6.27. The molecule has 0 aliphatic rings. The van der Waals surface area contributed by atoms with Crippen molar-refractivity contribution in [3.8, 4) is 0 Å². The van der Waals surface area contributed by atoms with E-state index < -0.39 is 0 Å². The number of allylic oxidation sites excluding steroid dienone is 1. The van der Waals surface area contributed by atoms with Gasteiger partial charge in [-0.2, -0.15) is 0 Å². The molecule has 0 atom stereocenters. The zero-order valence-corrected chi connectivity index (χ0v) is 22.3. The SMILES string of the molecule is C=C[CH2][Al+2].CCCC[O-].CCCC[O-].CCCC[O-].CCC[CH2][Al+][CH2]CCC. The van der Waals surface area contributed by atoms with Crippen molar-refractivity contribution in [1.82, 2.24) is 0 Å². The molecular weight excluding hydrogens is 378 g/mol. The van der Waals surface area contributed by atoms with E-state index in [1.165, 1.54) is 36.2 Å². The number of rotatable bonds is 13. The van der Waals surface area contributed by atoms with Crippen molar-refractivity contribution in [3.05, 3.63) is 12.7 Å². The summed E-state index contributed by atoms with van der Waals surface area (Å²) in [6, 6.07) is 0. The molecule has 0 rings (SSSR count). The zero-order chi connectivity index (χ0) is 22.7. The predicted octanol–water partition coefficient (Wildman–Crippen LogP) is 4.33. The Morgan fingerprint density at radius 3 is 1.00 bits per heavy atom. The first-order valence-electron chi connectivity index (χ1n) is 11.4. The molecule has 0 fully saturated rings. The molecule has 0 N–H and O–H groups in total. The molecule has 0 radical (unpaired) electrons. The van der Waals surface area contributed by atoms with E-state index in [1.807, 2.05) is 26.8 Å². The van der Waals surface area contributed by atoms with Gasteiger partial charge in [-0.05, 0) is 0 Å². The monoisotopic (exact) mass is 428 g/mol. The summed E-state index contributed by atoms with van der Waals surface area (Å²) < 4.78 is 0. The van der Waals surface area contributed by atoms with E-state index >= 15 is 0 Å². The Morgan fingerprint density at radius 2 is 0.893 bits per heavy atom. The van der Waals surface area contributed by atoms with Gasteiger partial charge in [-0.15, -0.1) is 19.8 Å². The molecule has 0 saturated carbocycles. The van der Waals surface area contributed by atoms with Crippen molar-refractivity contribution in [2.75, 3.05) is 19.8 Å². The van der Waals surface area contributed by atoms with Gasteiger partial charge in [-0.3, -0.25) is 0 Å². The summed E-state index contributed by atoms with van der Waals surface area (Å²) in [6.45, 7) is 14.3. The number of hydrogen-bond donors (Lipinski definition) is 0. The fourth-order valence-corrected chi connectivity index (χ4v) is 2.96. The molecule has 0 saturated heterocycles. The maximum absolute atomic E-state index is 9.53. The topological polar surface area (TPSA) is 69.2 Å². The molecule has 0 aliphatic heterocycles. The predicted molar refractivity (Wildman–Crippen MR) is 125 cm³/mol. The maximum atomic E-state index is 9.53. The first kappa shape index (κ1) is 39.2. The van der Waals surface area contributed by atoms with Crippen LogP contribution in [0.4, 0.5) is 0 Å². The molecule has 0 bridgehead atoms. The Labute approximate surface area is 193 Å². The van der Waals surface area contributed by atoms with Crippen molar-refractivity contribution >= 4 is 31.5 Å². The van der Waals surface area contributed by atoms with Crippen LogP contribution < -0.4 is 15.3 Å². The third kappa shape index (κ3) is 94.0. The minimum absolute atomic E-state index is 0.0938. The van der Waals surface area contributed by atoms with Crippen LogP contribution in [-0.2, 0) is 0 Å². The Bertz CT molecular complexity index is 168. The number of unbranched alkanes of at least 4 members (excludes halogenated alkanes) is 5. The Kier molecular flexibility index (Phi) is 79.0. The Balaban J connectivity index is -0.0000000819. The molecule has 0 aromatic heterocycles. The summed E-state index contributed by atoms with van der Waals surface area (Å²) in [6.07, 6.45) is 13.2. The van der Waals surface area contributed by atoms with Crippen LogP contribution in [0.2, 0.25) is 15.8 Å². The summed E-state index contributed by atoms with van der Waals surface area (Å²) in [5, 5.41) is 32.7. The molecule has 0 aromatic carbocycles. The first-order chi connectivity index (χ1) is 13.6. The van der Waals surface area contributed by atoms with Crippen LogP contribution in [0.5, 0.6) is 0 Å². The third-order valence-corrected chi connectivity index (χ3v) is 5.15. The van der Waals surface area contributed by atoms with Gasteiger partial charge in [-0.25, -0.2) is 0 Å². The quantitative estimate of drug-likeness (QED) is 0.249. The molecule has 0 aliphatic carbocycles. The van der Waals surface area contributed by atoms with E-state index in [1.54, 1.807) is 0 Å². The van der Waals surface area contributed by atoms with Crippen molar-refractivity contribution in [2.45, 2.75) is 115 Å². The van der Waals surface area contributed by atoms with Crippen molar-refractivity contribution in [2.24, 2.45) is 0 Å². The molecule has 3 nitrogen and oxygen atoms in total. The van der Waals surface area contributed by atoms with Crippen molar-refractivity contribution in [1.29, 1.82) is 0 Å². The second kappa shape index (κ2) is 56.5. The van der Waals surface area contributed by atoms with Gasteiger partial charge in [0.05, 0.1) is 0 Å². The van der Waals surface area contributed by atoms with E-state index in [0.717, 1.165) is 59.0 Å². The summed E-state index contributed by atoms with van der Waals surface area (Å²) >= 11 is 3.35. The van der Waals surface area contributed by atoms with E-state index in [2.05, 4.69) is 36.7 Å². The van der Waals surface area contributed by atoms with E-state index in [9.17, 15) is 15.3 Å². The van der Waals surface area contributed by atoms with Crippen LogP contribution in [0, 0.1) is 0 Å². The Morgan fingerprint density at radius 1 is 0.643 bits per heavy atom. The van der Waals surface area contributed by atoms with Crippen LogP contribution in [0.1, 0.15) is 98.8 Å².